The van der Waals surface area contributed by atoms with Crippen molar-refractivity contribution < 1.29 is 27.9 Å². The fraction of sp³-hybridized carbons (Fsp3) is 0.267. The molecule has 0 bridgehead atoms. The molecule has 0 saturated carbocycles. The third-order valence-electron chi connectivity index (χ3n) is 3.33. The summed E-state index contributed by atoms with van der Waals surface area (Å²) in [6, 6.07) is 5.02. The number of halogens is 3. The first-order valence-corrected chi connectivity index (χ1v) is 6.83. The molecule has 0 radical (unpaired) electrons. The Balaban J connectivity index is 2.08. The smallest absolute Gasteiger partial charge is 0.416 e. The third-order valence-corrected chi connectivity index (χ3v) is 3.33. The van der Waals surface area contributed by atoms with Gasteiger partial charge in [-0.15, -0.1) is 0 Å². The largest absolute Gasteiger partial charge is 0.478 e. The molecule has 0 aliphatic rings. The molecule has 0 aliphatic carbocycles. The van der Waals surface area contributed by atoms with E-state index in [0.717, 1.165) is 21.8 Å². The Labute approximate surface area is 135 Å². The van der Waals surface area contributed by atoms with Crippen molar-refractivity contribution in [3.8, 4) is 0 Å². The number of amides is 1. The van der Waals surface area contributed by atoms with E-state index in [2.05, 4.69) is 5.10 Å². The number of carboxylic acid groups (broad SMARTS) is 1. The Hall–Kier alpha value is -2.84. The zero-order valence-electron chi connectivity index (χ0n) is 12.6. The van der Waals surface area contributed by atoms with Gasteiger partial charge in [-0.2, -0.15) is 18.3 Å². The summed E-state index contributed by atoms with van der Waals surface area (Å²) in [5.41, 5.74) is -0.891. The molecule has 2 rings (SSSR count). The number of aromatic carboxylic acids is 1. The van der Waals surface area contributed by atoms with Crippen LogP contribution in [0.2, 0.25) is 0 Å². The fourth-order valence-corrected chi connectivity index (χ4v) is 2.10. The summed E-state index contributed by atoms with van der Waals surface area (Å²) < 4.78 is 40.0. The maximum atomic E-state index is 13.0. The Morgan fingerprint density at radius 2 is 1.96 bits per heavy atom. The molecule has 128 valence electrons. The summed E-state index contributed by atoms with van der Waals surface area (Å²) >= 11 is 0. The highest BCUT2D eigenvalue weighted by Crippen LogP contribution is 2.32. The van der Waals surface area contributed by atoms with Crippen LogP contribution in [-0.4, -0.2) is 38.7 Å². The molecule has 2 aromatic rings. The van der Waals surface area contributed by atoms with E-state index in [0.29, 0.717) is 0 Å². The van der Waals surface area contributed by atoms with Crippen LogP contribution in [0.3, 0.4) is 0 Å². The minimum atomic E-state index is -4.50. The molecule has 24 heavy (non-hydrogen) atoms. The van der Waals surface area contributed by atoms with Crippen molar-refractivity contribution in [2.45, 2.75) is 19.3 Å². The van der Waals surface area contributed by atoms with E-state index in [4.69, 9.17) is 5.11 Å². The van der Waals surface area contributed by atoms with E-state index in [1.165, 1.54) is 31.4 Å². The Morgan fingerprint density at radius 1 is 1.29 bits per heavy atom. The highest BCUT2D eigenvalue weighted by molar-refractivity contribution is 5.87. The number of nitrogens with zero attached hydrogens (tertiary/aromatic N) is 3. The zero-order chi connectivity index (χ0) is 17.9. The summed E-state index contributed by atoms with van der Waals surface area (Å²) in [6.07, 6.45) is -2.23. The molecule has 9 heteroatoms. The second kappa shape index (κ2) is 6.73. The van der Waals surface area contributed by atoms with Crippen LogP contribution in [-0.2, 0) is 24.1 Å². The van der Waals surface area contributed by atoms with Crippen LogP contribution in [0.4, 0.5) is 13.2 Å². The first-order chi connectivity index (χ1) is 11.2. The molecule has 1 heterocycles. The van der Waals surface area contributed by atoms with Crippen molar-refractivity contribution in [3.63, 3.8) is 0 Å². The van der Waals surface area contributed by atoms with Gasteiger partial charge >= 0.3 is 12.1 Å². The van der Waals surface area contributed by atoms with Crippen molar-refractivity contribution in [2.75, 3.05) is 7.05 Å². The van der Waals surface area contributed by atoms with Crippen LogP contribution in [0.5, 0.6) is 0 Å². The summed E-state index contributed by atoms with van der Waals surface area (Å²) in [7, 11) is 1.37. The zero-order valence-corrected chi connectivity index (χ0v) is 12.6. The van der Waals surface area contributed by atoms with Crippen molar-refractivity contribution in [1.82, 2.24) is 14.7 Å². The lowest BCUT2D eigenvalue weighted by Gasteiger charge is -2.20. The van der Waals surface area contributed by atoms with E-state index in [-0.39, 0.29) is 24.2 Å². The van der Waals surface area contributed by atoms with E-state index in [1.54, 1.807) is 0 Å². The molecule has 1 N–H and O–H groups in total. The average Bonchev–Trinajstić information content (AvgIpc) is 2.95. The lowest BCUT2D eigenvalue weighted by molar-refractivity contribution is -0.139. The number of carbonyl (C=O) groups excluding carboxylic acids is 1. The molecule has 1 amide bonds. The second-order valence-corrected chi connectivity index (χ2v) is 5.14. The van der Waals surface area contributed by atoms with Gasteiger partial charge in [0.25, 0.3) is 0 Å². The number of rotatable bonds is 5. The standard InChI is InChI=1S/C15H14F3N3O3/c1-20(7-10-4-2-3-5-12(10)15(16,17)18)13(22)9-21-8-11(6-19-21)14(23)24/h2-6,8H,7,9H2,1H3,(H,23,24). The van der Waals surface area contributed by atoms with Crippen LogP contribution in [0, 0.1) is 0 Å². The quantitative estimate of drug-likeness (QED) is 0.905. The Kier molecular flexibility index (Phi) is 4.91. The molecule has 6 nitrogen and oxygen atoms in total. The van der Waals surface area contributed by atoms with Gasteiger partial charge in [-0.25, -0.2) is 4.79 Å². The first-order valence-electron chi connectivity index (χ1n) is 6.83. The SMILES string of the molecule is CN(Cc1ccccc1C(F)(F)F)C(=O)Cn1cc(C(=O)O)cn1. The number of carboxylic acids is 1. The fourth-order valence-electron chi connectivity index (χ4n) is 2.10. The van der Waals surface area contributed by atoms with Gasteiger partial charge in [0.15, 0.2) is 0 Å². The number of hydrogen-bond acceptors (Lipinski definition) is 3. The molecule has 1 aromatic carbocycles. The highest BCUT2D eigenvalue weighted by atomic mass is 19.4. The summed E-state index contributed by atoms with van der Waals surface area (Å²) in [5.74, 6) is -1.67. The molecule has 0 aliphatic heterocycles. The molecule has 0 saturated heterocycles. The van der Waals surface area contributed by atoms with Crippen LogP contribution >= 0.6 is 0 Å². The predicted octanol–water partition coefficient (Wildman–Crippen LogP) is 2.26. The van der Waals surface area contributed by atoms with Gasteiger partial charge in [0.2, 0.25) is 5.91 Å². The van der Waals surface area contributed by atoms with Crippen molar-refractivity contribution in [2.24, 2.45) is 0 Å². The van der Waals surface area contributed by atoms with Gasteiger partial charge in [0.05, 0.1) is 17.3 Å². The van der Waals surface area contributed by atoms with Crippen molar-refractivity contribution in [3.05, 3.63) is 53.3 Å². The van der Waals surface area contributed by atoms with Crippen LogP contribution < -0.4 is 0 Å². The van der Waals surface area contributed by atoms with Gasteiger partial charge in [0.1, 0.15) is 6.54 Å². The van der Waals surface area contributed by atoms with E-state index >= 15 is 0 Å². The van der Waals surface area contributed by atoms with Gasteiger partial charge in [0, 0.05) is 19.8 Å². The summed E-state index contributed by atoms with van der Waals surface area (Å²) in [5, 5.41) is 12.5. The summed E-state index contributed by atoms with van der Waals surface area (Å²) in [6.45, 7) is -0.487. The van der Waals surface area contributed by atoms with Gasteiger partial charge in [-0.05, 0) is 11.6 Å². The van der Waals surface area contributed by atoms with Crippen LogP contribution in [0.15, 0.2) is 36.7 Å². The summed E-state index contributed by atoms with van der Waals surface area (Å²) in [4.78, 5) is 24.0. The molecule has 0 atom stereocenters. The number of carbonyl (C=O) groups is 2. The normalized spacial score (nSPS) is 11.3. The maximum absolute atomic E-state index is 13.0. The monoisotopic (exact) mass is 341 g/mol. The maximum Gasteiger partial charge on any atom is 0.416 e. The van der Waals surface area contributed by atoms with Crippen molar-refractivity contribution >= 4 is 11.9 Å². The third kappa shape index (κ3) is 4.12. The van der Waals surface area contributed by atoms with Gasteiger partial charge < -0.3 is 10.0 Å². The number of aromatic nitrogens is 2. The number of hydrogen-bond donors (Lipinski definition) is 1. The molecular weight excluding hydrogens is 327 g/mol. The number of alkyl halides is 3. The molecule has 0 fully saturated rings. The lowest BCUT2D eigenvalue weighted by Crippen LogP contribution is -2.30. The van der Waals surface area contributed by atoms with Crippen molar-refractivity contribution in [1.29, 1.82) is 0 Å². The van der Waals surface area contributed by atoms with Gasteiger partial charge in [-0.1, -0.05) is 18.2 Å². The number of likely N-dealkylation sites (N-methyl/N-ethyl adjacent to an activating group) is 1. The average molecular weight is 341 g/mol. The minimum absolute atomic E-state index is 0.0208. The predicted molar refractivity (Wildman–Crippen MR) is 77.1 cm³/mol. The first kappa shape index (κ1) is 17.5. The molecule has 0 spiro atoms. The lowest BCUT2D eigenvalue weighted by atomic mass is 10.1. The number of benzene rings is 1. The van der Waals surface area contributed by atoms with Gasteiger partial charge in [-0.3, -0.25) is 9.48 Å². The van der Waals surface area contributed by atoms with Crippen LogP contribution in [0.1, 0.15) is 21.5 Å². The van der Waals surface area contributed by atoms with E-state index in [9.17, 15) is 22.8 Å². The van der Waals surface area contributed by atoms with E-state index < -0.39 is 23.6 Å². The van der Waals surface area contributed by atoms with Crippen LogP contribution in [0.25, 0.3) is 0 Å². The minimum Gasteiger partial charge on any atom is -0.478 e. The second-order valence-electron chi connectivity index (χ2n) is 5.14. The van der Waals surface area contributed by atoms with E-state index in [1.807, 2.05) is 0 Å². The molecule has 0 unspecified atom stereocenters. The Morgan fingerprint density at radius 3 is 2.54 bits per heavy atom. The Bertz CT molecular complexity index is 756. The topological polar surface area (TPSA) is 75.4 Å². The highest BCUT2D eigenvalue weighted by Gasteiger charge is 2.33. The molecule has 1 aromatic heterocycles. The molecular formula is C15H14F3N3O3.